The molecule has 0 radical (unpaired) electrons. The number of piperidine rings is 1. The summed E-state index contributed by atoms with van der Waals surface area (Å²) in [6, 6.07) is 14.2. The van der Waals surface area contributed by atoms with E-state index < -0.39 is 8.07 Å². The first kappa shape index (κ1) is 24.6. The quantitative estimate of drug-likeness (QED) is 0.233. The number of hydrogen-bond donors (Lipinski definition) is 1. The zero-order valence-corrected chi connectivity index (χ0v) is 22.0. The van der Waals surface area contributed by atoms with Crippen LogP contribution in [0.5, 0.6) is 0 Å². The van der Waals surface area contributed by atoms with Crippen molar-refractivity contribution in [3.05, 3.63) is 59.9 Å². The number of likely N-dealkylation sites (tertiary alicyclic amines) is 1. The molecule has 2 aromatic heterocycles. The van der Waals surface area contributed by atoms with Gasteiger partial charge in [-0.1, -0.05) is 50.0 Å². The molecule has 1 fully saturated rings. The van der Waals surface area contributed by atoms with Crippen molar-refractivity contribution in [3.8, 4) is 0 Å². The van der Waals surface area contributed by atoms with Crippen molar-refractivity contribution in [1.82, 2.24) is 14.5 Å². The highest BCUT2D eigenvalue weighted by Gasteiger charge is 2.23. The number of pyridine rings is 1. The first-order valence-corrected chi connectivity index (χ1v) is 16.1. The fourth-order valence-corrected chi connectivity index (χ4v) is 5.24. The third-order valence-corrected chi connectivity index (χ3v) is 8.28. The van der Waals surface area contributed by atoms with E-state index in [1.165, 1.54) is 5.56 Å². The van der Waals surface area contributed by atoms with Gasteiger partial charge in [-0.25, -0.2) is 4.98 Å². The van der Waals surface area contributed by atoms with E-state index in [9.17, 15) is 4.79 Å². The Bertz CT molecular complexity index is 1100. The first-order valence-electron chi connectivity index (χ1n) is 12.4. The van der Waals surface area contributed by atoms with Crippen molar-refractivity contribution in [2.24, 2.45) is 0 Å². The minimum Gasteiger partial charge on any atom is -0.381 e. The molecule has 182 valence electrons. The van der Waals surface area contributed by atoms with Gasteiger partial charge in [0.15, 0.2) is 5.78 Å². The van der Waals surface area contributed by atoms with Gasteiger partial charge in [0.05, 0.1) is 11.3 Å². The maximum atomic E-state index is 12.4. The molecule has 4 rings (SSSR count). The maximum Gasteiger partial charge on any atom is 0.163 e. The third-order valence-electron chi connectivity index (χ3n) is 6.58. The Morgan fingerprint density at radius 2 is 1.88 bits per heavy atom. The predicted octanol–water partition coefficient (Wildman–Crippen LogP) is 5.63. The van der Waals surface area contributed by atoms with Crippen molar-refractivity contribution in [2.45, 2.75) is 64.8 Å². The van der Waals surface area contributed by atoms with Gasteiger partial charge in [-0.15, -0.1) is 0 Å². The molecule has 1 N–H and O–H groups in total. The number of nitrogens with zero attached hydrogens (tertiary/aromatic N) is 3. The van der Waals surface area contributed by atoms with Gasteiger partial charge in [-0.3, -0.25) is 9.69 Å². The number of rotatable bonds is 10. The van der Waals surface area contributed by atoms with Crippen molar-refractivity contribution in [1.29, 1.82) is 0 Å². The summed E-state index contributed by atoms with van der Waals surface area (Å²) in [4.78, 5) is 19.5. The topological polar surface area (TPSA) is 59.4 Å². The van der Waals surface area contributed by atoms with Crippen LogP contribution in [-0.2, 0) is 18.0 Å². The van der Waals surface area contributed by atoms with E-state index in [2.05, 4.69) is 71.2 Å². The van der Waals surface area contributed by atoms with Crippen LogP contribution in [0.2, 0.25) is 25.7 Å². The Labute approximate surface area is 204 Å². The van der Waals surface area contributed by atoms with Crippen LogP contribution < -0.4 is 5.32 Å². The van der Waals surface area contributed by atoms with Gasteiger partial charge in [-0.2, -0.15) is 0 Å². The van der Waals surface area contributed by atoms with Gasteiger partial charge in [0.1, 0.15) is 12.4 Å². The second kappa shape index (κ2) is 10.8. The molecule has 0 spiro atoms. The number of carbonyl (C=O) groups excluding carboxylic acids is 1. The van der Waals surface area contributed by atoms with Gasteiger partial charge in [0.2, 0.25) is 0 Å². The van der Waals surface area contributed by atoms with Crippen LogP contribution in [0, 0.1) is 0 Å². The molecule has 0 bridgehead atoms. The van der Waals surface area contributed by atoms with E-state index in [-0.39, 0.29) is 5.78 Å². The Balaban J connectivity index is 1.43. The lowest BCUT2D eigenvalue weighted by Gasteiger charge is -2.33. The number of benzene rings is 1. The highest BCUT2D eigenvalue weighted by molar-refractivity contribution is 6.76. The largest absolute Gasteiger partial charge is 0.381 e. The van der Waals surface area contributed by atoms with E-state index in [4.69, 9.17) is 4.74 Å². The molecule has 7 heteroatoms. The molecule has 0 aliphatic carbocycles. The van der Waals surface area contributed by atoms with Crippen LogP contribution in [0.4, 0.5) is 5.69 Å². The molecule has 0 amide bonds. The summed E-state index contributed by atoms with van der Waals surface area (Å²) >= 11 is 0. The molecule has 3 heterocycles. The van der Waals surface area contributed by atoms with Crippen molar-refractivity contribution < 1.29 is 9.53 Å². The molecule has 1 saturated heterocycles. The van der Waals surface area contributed by atoms with Crippen LogP contribution in [-0.4, -0.2) is 54.0 Å². The number of hydrogen-bond acceptors (Lipinski definition) is 5. The highest BCUT2D eigenvalue weighted by Crippen LogP contribution is 2.30. The van der Waals surface area contributed by atoms with E-state index >= 15 is 0 Å². The molecule has 0 saturated carbocycles. The number of anilines is 1. The summed E-state index contributed by atoms with van der Waals surface area (Å²) in [5, 5.41) is 4.72. The van der Waals surface area contributed by atoms with Gasteiger partial charge in [0.25, 0.3) is 0 Å². The average molecular weight is 479 g/mol. The number of ether oxygens (including phenoxy) is 1. The lowest BCUT2D eigenvalue weighted by molar-refractivity contribution is 0.0899. The van der Waals surface area contributed by atoms with Crippen LogP contribution in [0.25, 0.3) is 11.0 Å². The molecular weight excluding hydrogens is 440 g/mol. The van der Waals surface area contributed by atoms with E-state index in [1.54, 1.807) is 13.1 Å². The Morgan fingerprint density at radius 3 is 2.56 bits per heavy atom. The molecule has 1 aliphatic heterocycles. The molecule has 6 nitrogen and oxygen atoms in total. The zero-order chi connectivity index (χ0) is 24.1. The number of ketones is 1. The van der Waals surface area contributed by atoms with Crippen molar-refractivity contribution in [2.75, 3.05) is 25.0 Å². The van der Waals surface area contributed by atoms with Crippen LogP contribution in [0.15, 0.2) is 48.8 Å². The zero-order valence-electron chi connectivity index (χ0n) is 21.0. The van der Waals surface area contributed by atoms with Gasteiger partial charge >= 0.3 is 0 Å². The molecule has 34 heavy (non-hydrogen) atoms. The van der Waals surface area contributed by atoms with Crippen LogP contribution in [0.3, 0.4) is 0 Å². The summed E-state index contributed by atoms with van der Waals surface area (Å²) in [6.45, 7) is 13.0. The number of aromatic nitrogens is 2. The summed E-state index contributed by atoms with van der Waals surface area (Å²) in [5.74, 6) is 0.0394. The van der Waals surface area contributed by atoms with Gasteiger partial charge < -0.3 is 14.6 Å². The SMILES string of the molecule is CC(=O)c1cnc2c(ccn2COCC[Si](C)(C)C)c1NC1CCN(Cc2ccccc2)CC1. The number of carbonyl (C=O) groups is 1. The van der Waals surface area contributed by atoms with E-state index in [0.29, 0.717) is 18.3 Å². The predicted molar refractivity (Wildman–Crippen MR) is 142 cm³/mol. The highest BCUT2D eigenvalue weighted by atomic mass is 28.3. The molecular formula is C27H38N4O2Si. The minimum absolute atomic E-state index is 0.0394. The van der Waals surface area contributed by atoms with Crippen molar-refractivity contribution in [3.63, 3.8) is 0 Å². The molecule has 0 atom stereocenters. The smallest absolute Gasteiger partial charge is 0.163 e. The molecule has 3 aromatic rings. The summed E-state index contributed by atoms with van der Waals surface area (Å²) in [6.07, 6.45) is 5.84. The first-order chi connectivity index (χ1) is 16.3. The number of nitrogens with one attached hydrogen (secondary N) is 1. The summed E-state index contributed by atoms with van der Waals surface area (Å²) < 4.78 is 7.99. The monoisotopic (exact) mass is 478 g/mol. The Hall–Kier alpha value is -2.48. The second-order valence-corrected chi connectivity index (χ2v) is 16.3. The molecule has 1 aliphatic rings. The lowest BCUT2D eigenvalue weighted by atomic mass is 10.0. The summed E-state index contributed by atoms with van der Waals surface area (Å²) in [5.41, 5.74) is 3.80. The van der Waals surface area contributed by atoms with E-state index in [1.807, 2.05) is 10.8 Å². The molecule has 0 unspecified atom stereocenters. The minimum atomic E-state index is -1.12. The second-order valence-electron chi connectivity index (χ2n) is 10.7. The van der Waals surface area contributed by atoms with Crippen LogP contribution in [0.1, 0.15) is 35.7 Å². The lowest BCUT2D eigenvalue weighted by Crippen LogP contribution is -2.38. The Morgan fingerprint density at radius 1 is 1.15 bits per heavy atom. The average Bonchev–Trinajstić information content (AvgIpc) is 3.21. The maximum absolute atomic E-state index is 12.4. The third kappa shape index (κ3) is 6.34. The fraction of sp³-hybridized carbons (Fsp3) is 0.481. The van der Waals surface area contributed by atoms with Crippen LogP contribution >= 0.6 is 0 Å². The fourth-order valence-electron chi connectivity index (χ4n) is 4.49. The normalized spacial score (nSPS) is 15.6. The summed E-state index contributed by atoms with van der Waals surface area (Å²) in [7, 11) is -1.12. The van der Waals surface area contributed by atoms with Gasteiger partial charge in [0, 0.05) is 58.1 Å². The Kier molecular flexibility index (Phi) is 7.86. The standard InChI is InChI=1S/C27H38N4O2Si/c1-21(32)25-18-28-27-24(12-15-31(27)20-33-16-17-34(2,3)4)26(25)29-23-10-13-30(14-11-23)19-22-8-6-5-7-9-22/h5-9,12,15,18,23H,10-11,13-14,16-17,19-20H2,1-4H3,(H,28,29). The van der Waals surface area contributed by atoms with E-state index in [0.717, 1.165) is 61.8 Å². The van der Waals surface area contributed by atoms with Crippen molar-refractivity contribution >= 4 is 30.6 Å². The number of Topliss-reactive ketones (excluding diaryl/α,β-unsaturated/α-hetero) is 1. The van der Waals surface area contributed by atoms with Gasteiger partial charge in [-0.05, 0) is 37.4 Å². The molecule has 1 aromatic carbocycles. The number of fused-ring (bicyclic) bond motifs is 1.